The standard InChI is InChI=1S/C19H28N2O5S/c1-4-20-18(22)14(3)26-19(23)17-12-16(11-10-13(17)2)27(24,25)21-15-8-6-5-7-9-15/h10-12,14-15,21H,4-9H2,1-3H3,(H,20,22)/t14-/m1/s1. The number of carbonyl (C=O) groups is 2. The Morgan fingerprint density at radius 1 is 1.22 bits per heavy atom. The average molecular weight is 397 g/mol. The number of amides is 1. The van der Waals surface area contributed by atoms with Crippen LogP contribution in [-0.2, 0) is 19.6 Å². The SMILES string of the molecule is CCNC(=O)[C@@H](C)OC(=O)c1cc(S(=O)(=O)NC2CCCCC2)ccc1C. The summed E-state index contributed by atoms with van der Waals surface area (Å²) in [6, 6.07) is 4.29. The van der Waals surface area contributed by atoms with Crippen molar-refractivity contribution >= 4 is 21.9 Å². The zero-order chi connectivity index (χ0) is 20.0. The molecule has 0 heterocycles. The van der Waals surface area contributed by atoms with Crippen LogP contribution in [0.4, 0.5) is 0 Å². The number of carbonyl (C=O) groups excluding carboxylic acids is 2. The van der Waals surface area contributed by atoms with E-state index in [2.05, 4.69) is 10.0 Å². The summed E-state index contributed by atoms with van der Waals surface area (Å²) < 4.78 is 33.3. The first-order chi connectivity index (χ1) is 12.7. The molecule has 7 nitrogen and oxygen atoms in total. The van der Waals surface area contributed by atoms with Crippen molar-refractivity contribution in [1.82, 2.24) is 10.0 Å². The van der Waals surface area contributed by atoms with Gasteiger partial charge >= 0.3 is 5.97 Å². The molecule has 1 aliphatic carbocycles. The monoisotopic (exact) mass is 396 g/mol. The highest BCUT2D eigenvalue weighted by atomic mass is 32.2. The van der Waals surface area contributed by atoms with E-state index in [4.69, 9.17) is 4.74 Å². The van der Waals surface area contributed by atoms with Crippen LogP contribution in [0.2, 0.25) is 0 Å². The lowest BCUT2D eigenvalue weighted by atomic mass is 9.96. The van der Waals surface area contributed by atoms with E-state index >= 15 is 0 Å². The maximum Gasteiger partial charge on any atom is 0.339 e. The normalized spacial score (nSPS) is 16.6. The minimum atomic E-state index is -3.72. The molecule has 0 unspecified atom stereocenters. The molecule has 0 spiro atoms. The minimum Gasteiger partial charge on any atom is -0.449 e. The zero-order valence-electron chi connectivity index (χ0n) is 16.1. The van der Waals surface area contributed by atoms with Crippen LogP contribution >= 0.6 is 0 Å². The third-order valence-electron chi connectivity index (χ3n) is 4.67. The topological polar surface area (TPSA) is 102 Å². The predicted molar refractivity (Wildman–Crippen MR) is 102 cm³/mol. The Balaban J connectivity index is 2.16. The molecular formula is C19H28N2O5S. The van der Waals surface area contributed by atoms with E-state index in [1.165, 1.54) is 19.1 Å². The van der Waals surface area contributed by atoms with Crippen LogP contribution in [0, 0.1) is 6.92 Å². The highest BCUT2D eigenvalue weighted by Crippen LogP contribution is 2.22. The molecule has 1 atom stereocenters. The summed E-state index contributed by atoms with van der Waals surface area (Å²) in [6.07, 6.45) is 3.83. The number of sulfonamides is 1. The summed E-state index contributed by atoms with van der Waals surface area (Å²) in [6.45, 7) is 5.37. The van der Waals surface area contributed by atoms with E-state index in [0.29, 0.717) is 12.1 Å². The number of hydrogen-bond donors (Lipinski definition) is 2. The third kappa shape index (κ3) is 5.77. The number of likely N-dealkylation sites (N-methyl/N-ethyl adjacent to an activating group) is 1. The number of rotatable bonds is 7. The van der Waals surface area contributed by atoms with Gasteiger partial charge in [0.15, 0.2) is 6.10 Å². The zero-order valence-corrected chi connectivity index (χ0v) is 16.9. The van der Waals surface area contributed by atoms with Crippen molar-refractivity contribution in [2.45, 2.75) is 69.9 Å². The Kier molecular flexibility index (Phi) is 7.38. The molecule has 1 aliphatic rings. The smallest absolute Gasteiger partial charge is 0.339 e. The minimum absolute atomic E-state index is 0.0243. The Bertz CT molecular complexity index is 785. The van der Waals surface area contributed by atoms with Gasteiger partial charge in [0.2, 0.25) is 10.0 Å². The fourth-order valence-corrected chi connectivity index (χ4v) is 4.42. The van der Waals surface area contributed by atoms with Gasteiger partial charge in [-0.15, -0.1) is 0 Å². The number of nitrogens with one attached hydrogen (secondary N) is 2. The van der Waals surface area contributed by atoms with E-state index in [9.17, 15) is 18.0 Å². The van der Waals surface area contributed by atoms with Gasteiger partial charge < -0.3 is 10.1 Å². The first kappa shape index (κ1) is 21.4. The summed E-state index contributed by atoms with van der Waals surface area (Å²) in [4.78, 5) is 24.2. The van der Waals surface area contributed by atoms with Crippen LogP contribution in [0.5, 0.6) is 0 Å². The van der Waals surface area contributed by atoms with Crippen molar-refractivity contribution in [3.63, 3.8) is 0 Å². The molecule has 1 saturated carbocycles. The van der Waals surface area contributed by atoms with Crippen molar-refractivity contribution < 1.29 is 22.7 Å². The summed E-state index contributed by atoms with van der Waals surface area (Å²) >= 11 is 0. The van der Waals surface area contributed by atoms with E-state index < -0.39 is 28.0 Å². The van der Waals surface area contributed by atoms with Gasteiger partial charge in [-0.2, -0.15) is 0 Å². The van der Waals surface area contributed by atoms with Crippen LogP contribution in [-0.4, -0.2) is 39.0 Å². The van der Waals surface area contributed by atoms with E-state index in [-0.39, 0.29) is 16.5 Å². The number of benzene rings is 1. The van der Waals surface area contributed by atoms with Crippen LogP contribution in [0.25, 0.3) is 0 Å². The molecular weight excluding hydrogens is 368 g/mol. The van der Waals surface area contributed by atoms with Gasteiger partial charge in [-0.1, -0.05) is 25.3 Å². The van der Waals surface area contributed by atoms with Crippen molar-refractivity contribution in [2.75, 3.05) is 6.54 Å². The third-order valence-corrected chi connectivity index (χ3v) is 6.19. The maximum absolute atomic E-state index is 12.7. The Morgan fingerprint density at radius 2 is 1.89 bits per heavy atom. The van der Waals surface area contributed by atoms with Crippen LogP contribution in [0.3, 0.4) is 0 Å². The molecule has 0 aromatic heterocycles. The van der Waals surface area contributed by atoms with Gasteiger partial charge in [0.05, 0.1) is 10.5 Å². The molecule has 0 radical (unpaired) electrons. The van der Waals surface area contributed by atoms with Crippen molar-refractivity contribution in [3.05, 3.63) is 29.3 Å². The lowest BCUT2D eigenvalue weighted by Gasteiger charge is -2.22. The summed E-state index contributed by atoms with van der Waals surface area (Å²) in [5, 5.41) is 2.58. The second kappa shape index (κ2) is 9.32. The number of ether oxygens (including phenoxy) is 1. The summed E-state index contributed by atoms with van der Waals surface area (Å²) in [5.41, 5.74) is 0.720. The number of esters is 1. The second-order valence-electron chi connectivity index (χ2n) is 6.88. The van der Waals surface area contributed by atoms with Gasteiger partial charge in [0.25, 0.3) is 5.91 Å². The lowest BCUT2D eigenvalue weighted by Crippen LogP contribution is -2.36. The highest BCUT2D eigenvalue weighted by molar-refractivity contribution is 7.89. The van der Waals surface area contributed by atoms with E-state index in [0.717, 1.165) is 32.1 Å². The molecule has 2 N–H and O–H groups in total. The van der Waals surface area contributed by atoms with Crippen LogP contribution in [0.15, 0.2) is 23.1 Å². The molecule has 8 heteroatoms. The molecule has 0 aliphatic heterocycles. The van der Waals surface area contributed by atoms with Gasteiger partial charge in [-0.25, -0.2) is 17.9 Å². The molecule has 2 rings (SSSR count). The number of aryl methyl sites for hydroxylation is 1. The maximum atomic E-state index is 12.7. The molecule has 1 fully saturated rings. The molecule has 0 saturated heterocycles. The first-order valence-corrected chi connectivity index (χ1v) is 10.8. The quantitative estimate of drug-likeness (QED) is 0.689. The fourth-order valence-electron chi connectivity index (χ4n) is 3.09. The van der Waals surface area contributed by atoms with Gasteiger partial charge in [0, 0.05) is 12.6 Å². The Morgan fingerprint density at radius 3 is 2.52 bits per heavy atom. The van der Waals surface area contributed by atoms with E-state index in [1.807, 2.05) is 0 Å². The van der Waals surface area contributed by atoms with Crippen molar-refractivity contribution in [1.29, 1.82) is 0 Å². The van der Waals surface area contributed by atoms with Gasteiger partial charge in [0.1, 0.15) is 0 Å². The van der Waals surface area contributed by atoms with Gasteiger partial charge in [-0.3, -0.25) is 4.79 Å². The lowest BCUT2D eigenvalue weighted by molar-refractivity contribution is -0.128. The second-order valence-corrected chi connectivity index (χ2v) is 8.59. The summed E-state index contributed by atoms with van der Waals surface area (Å²) in [5.74, 6) is -1.12. The molecule has 0 bridgehead atoms. The van der Waals surface area contributed by atoms with Crippen LogP contribution in [0.1, 0.15) is 61.9 Å². The Labute approximate surface area is 160 Å². The van der Waals surface area contributed by atoms with Crippen molar-refractivity contribution in [3.8, 4) is 0 Å². The van der Waals surface area contributed by atoms with E-state index in [1.54, 1.807) is 19.9 Å². The highest BCUT2D eigenvalue weighted by Gasteiger charge is 2.25. The molecule has 1 amide bonds. The summed E-state index contributed by atoms with van der Waals surface area (Å²) in [7, 11) is -3.72. The first-order valence-electron chi connectivity index (χ1n) is 9.36. The molecule has 1 aromatic rings. The predicted octanol–water partition coefficient (Wildman–Crippen LogP) is 2.29. The fraction of sp³-hybridized carbons (Fsp3) is 0.579. The number of hydrogen-bond acceptors (Lipinski definition) is 5. The molecule has 150 valence electrons. The Hall–Kier alpha value is -1.93. The van der Waals surface area contributed by atoms with Crippen LogP contribution < -0.4 is 10.0 Å². The van der Waals surface area contributed by atoms with Crippen molar-refractivity contribution in [2.24, 2.45) is 0 Å². The average Bonchev–Trinajstić information content (AvgIpc) is 2.62. The van der Waals surface area contributed by atoms with Gasteiger partial charge in [-0.05, 0) is 51.3 Å². The molecule has 27 heavy (non-hydrogen) atoms. The largest absolute Gasteiger partial charge is 0.449 e. The molecule has 1 aromatic carbocycles.